The van der Waals surface area contributed by atoms with Crippen molar-refractivity contribution in [1.29, 1.82) is 0 Å². The fraction of sp³-hybridized carbons (Fsp3) is 0.357. The molecule has 4 heteroatoms. The molecule has 0 atom stereocenters. The number of carbonyl (C=O) groups is 1. The molecule has 1 aromatic carbocycles. The molecule has 0 amide bonds. The Balaban J connectivity index is 2.48. The quantitative estimate of drug-likeness (QED) is 0.360. The van der Waals surface area contributed by atoms with Gasteiger partial charge >= 0.3 is 6.16 Å². The van der Waals surface area contributed by atoms with Crippen LogP contribution in [0.25, 0.3) is 0 Å². The number of para-hydroxylation sites is 1. The first-order valence-corrected chi connectivity index (χ1v) is 9.53. The summed E-state index contributed by atoms with van der Waals surface area (Å²) in [5.41, 5.74) is 0.541. The maximum Gasteiger partial charge on any atom is 0.513 e. The lowest BCUT2D eigenvalue weighted by molar-refractivity contribution is 0.104. The predicted molar refractivity (Wildman–Crippen MR) is 74.5 cm³/mol. The van der Waals surface area contributed by atoms with Gasteiger partial charge in [-0.15, -0.1) is 6.42 Å². The van der Waals surface area contributed by atoms with Crippen molar-refractivity contribution < 1.29 is 14.3 Å². The zero-order valence-corrected chi connectivity index (χ0v) is 12.0. The van der Waals surface area contributed by atoms with Gasteiger partial charge in [0.25, 0.3) is 0 Å². The Hall–Kier alpha value is -1.73. The highest BCUT2D eigenvalue weighted by atomic mass is 28.3. The Morgan fingerprint density at radius 3 is 2.61 bits per heavy atom. The first-order valence-electron chi connectivity index (χ1n) is 5.82. The van der Waals surface area contributed by atoms with Gasteiger partial charge in [0.05, 0.1) is 12.2 Å². The minimum atomic E-state index is -1.20. The number of carbonyl (C=O) groups excluding carboxylic acids is 1. The van der Waals surface area contributed by atoms with Crippen molar-refractivity contribution in [3.05, 3.63) is 29.8 Å². The summed E-state index contributed by atoms with van der Waals surface area (Å²) in [6.45, 7) is 7.05. The van der Waals surface area contributed by atoms with Gasteiger partial charge in [-0.25, -0.2) is 4.79 Å². The number of rotatable bonds is 4. The van der Waals surface area contributed by atoms with E-state index in [0.717, 1.165) is 6.04 Å². The highest BCUT2D eigenvalue weighted by Crippen LogP contribution is 2.17. The molecule has 0 bridgehead atoms. The molecule has 0 aliphatic rings. The van der Waals surface area contributed by atoms with Gasteiger partial charge in [0.2, 0.25) is 0 Å². The van der Waals surface area contributed by atoms with Crippen molar-refractivity contribution in [3.63, 3.8) is 0 Å². The maximum absolute atomic E-state index is 11.5. The van der Waals surface area contributed by atoms with Gasteiger partial charge in [-0.2, -0.15) is 0 Å². The fourth-order valence-corrected chi connectivity index (χ4v) is 1.95. The average molecular weight is 262 g/mol. The minimum absolute atomic E-state index is 0.359. The Morgan fingerprint density at radius 1 is 1.33 bits per heavy atom. The van der Waals surface area contributed by atoms with Gasteiger partial charge in [-0.1, -0.05) is 37.7 Å². The summed E-state index contributed by atoms with van der Waals surface area (Å²) in [6, 6.07) is 7.82. The number of terminal acetylenes is 1. The lowest BCUT2D eigenvalue weighted by Crippen LogP contribution is -2.23. The fourth-order valence-electron chi connectivity index (χ4n) is 1.23. The van der Waals surface area contributed by atoms with E-state index in [1.165, 1.54) is 0 Å². The van der Waals surface area contributed by atoms with Gasteiger partial charge in [0, 0.05) is 8.07 Å². The second-order valence-corrected chi connectivity index (χ2v) is 10.8. The third-order valence-electron chi connectivity index (χ3n) is 2.31. The van der Waals surface area contributed by atoms with Crippen LogP contribution in [-0.2, 0) is 4.74 Å². The Morgan fingerprint density at radius 2 is 2.00 bits per heavy atom. The number of benzene rings is 1. The van der Waals surface area contributed by atoms with E-state index < -0.39 is 14.2 Å². The summed E-state index contributed by atoms with van der Waals surface area (Å²) < 4.78 is 10.1. The molecule has 0 radical (unpaired) electrons. The summed E-state index contributed by atoms with van der Waals surface area (Å²) >= 11 is 0. The molecule has 18 heavy (non-hydrogen) atoms. The lowest BCUT2D eigenvalue weighted by Gasteiger charge is -2.15. The highest BCUT2D eigenvalue weighted by molar-refractivity contribution is 6.76. The van der Waals surface area contributed by atoms with Crippen molar-refractivity contribution in [1.82, 2.24) is 0 Å². The maximum atomic E-state index is 11.5. The standard InChI is InChI=1S/C14H18O3Si/c1-5-12-8-6-7-9-13(12)17-14(15)16-10-11-18(2,3)4/h1,6-9H,10-11H2,2-4H3. The zero-order chi connectivity index (χ0) is 13.6. The summed E-state index contributed by atoms with van der Waals surface area (Å²) in [5.74, 6) is 2.81. The normalized spacial score (nSPS) is 10.6. The molecule has 0 aromatic heterocycles. The summed E-state index contributed by atoms with van der Waals surface area (Å²) in [5, 5.41) is 0. The molecule has 0 aliphatic carbocycles. The molecule has 0 saturated heterocycles. The molecule has 96 valence electrons. The van der Waals surface area contributed by atoms with Crippen LogP contribution in [0.1, 0.15) is 5.56 Å². The molecule has 0 unspecified atom stereocenters. The smallest absolute Gasteiger partial charge is 0.434 e. The van der Waals surface area contributed by atoms with E-state index in [0.29, 0.717) is 17.9 Å². The highest BCUT2D eigenvalue weighted by Gasteiger charge is 2.15. The van der Waals surface area contributed by atoms with Crippen LogP contribution in [-0.4, -0.2) is 20.8 Å². The van der Waals surface area contributed by atoms with Crippen LogP contribution in [0.15, 0.2) is 24.3 Å². The van der Waals surface area contributed by atoms with Crippen LogP contribution in [0.3, 0.4) is 0 Å². The molecule has 3 nitrogen and oxygen atoms in total. The van der Waals surface area contributed by atoms with Gasteiger partial charge in [-0.05, 0) is 18.2 Å². The molecular formula is C14H18O3Si. The van der Waals surface area contributed by atoms with Crippen LogP contribution in [0.5, 0.6) is 5.75 Å². The van der Waals surface area contributed by atoms with Crippen molar-refractivity contribution in [2.45, 2.75) is 25.7 Å². The van der Waals surface area contributed by atoms with Crippen molar-refractivity contribution in [2.24, 2.45) is 0 Å². The van der Waals surface area contributed by atoms with Gasteiger partial charge in [-0.3, -0.25) is 0 Å². The first kappa shape index (κ1) is 14.3. The van der Waals surface area contributed by atoms with Crippen LogP contribution in [0.2, 0.25) is 25.7 Å². The Bertz CT molecular complexity index is 455. The second-order valence-electron chi connectivity index (χ2n) is 5.15. The number of ether oxygens (including phenoxy) is 2. The molecule has 0 spiro atoms. The topological polar surface area (TPSA) is 35.5 Å². The second kappa shape index (κ2) is 6.27. The zero-order valence-electron chi connectivity index (χ0n) is 11.0. The largest absolute Gasteiger partial charge is 0.513 e. The van der Waals surface area contributed by atoms with Gasteiger partial charge in [0.15, 0.2) is 0 Å². The van der Waals surface area contributed by atoms with Crippen LogP contribution in [0, 0.1) is 12.3 Å². The van der Waals surface area contributed by atoms with Crippen LogP contribution in [0.4, 0.5) is 4.79 Å². The first-order chi connectivity index (χ1) is 8.42. The Labute approximate surface area is 109 Å². The van der Waals surface area contributed by atoms with E-state index in [4.69, 9.17) is 15.9 Å². The molecule has 1 rings (SSSR count). The SMILES string of the molecule is C#Cc1ccccc1OC(=O)OCC[Si](C)(C)C. The average Bonchev–Trinajstić information content (AvgIpc) is 2.28. The van der Waals surface area contributed by atoms with E-state index in [-0.39, 0.29) is 0 Å². The summed E-state index contributed by atoms with van der Waals surface area (Å²) in [6.07, 6.45) is 4.61. The third-order valence-corrected chi connectivity index (χ3v) is 4.01. The molecule has 0 heterocycles. The van der Waals surface area contributed by atoms with Crippen molar-refractivity contribution in [3.8, 4) is 18.1 Å². The van der Waals surface area contributed by atoms with Gasteiger partial charge in [0.1, 0.15) is 5.75 Å². The molecule has 1 aromatic rings. The van der Waals surface area contributed by atoms with E-state index >= 15 is 0 Å². The molecule has 0 N–H and O–H groups in total. The van der Waals surface area contributed by atoms with Gasteiger partial charge < -0.3 is 9.47 Å². The monoisotopic (exact) mass is 262 g/mol. The van der Waals surface area contributed by atoms with E-state index in [1.54, 1.807) is 24.3 Å². The van der Waals surface area contributed by atoms with Crippen LogP contribution >= 0.6 is 0 Å². The van der Waals surface area contributed by atoms with Crippen molar-refractivity contribution >= 4 is 14.2 Å². The van der Waals surface area contributed by atoms with E-state index in [1.807, 2.05) is 0 Å². The van der Waals surface area contributed by atoms with Crippen LogP contribution < -0.4 is 4.74 Å². The molecular weight excluding hydrogens is 244 g/mol. The number of hydrogen-bond donors (Lipinski definition) is 0. The number of hydrogen-bond acceptors (Lipinski definition) is 3. The van der Waals surface area contributed by atoms with E-state index in [9.17, 15) is 4.79 Å². The Kier molecular flexibility index (Phi) is 4.99. The minimum Gasteiger partial charge on any atom is -0.434 e. The van der Waals surface area contributed by atoms with Crippen molar-refractivity contribution in [2.75, 3.05) is 6.61 Å². The molecule has 0 aliphatic heterocycles. The predicted octanol–water partition coefficient (Wildman–Crippen LogP) is 3.52. The summed E-state index contributed by atoms with van der Waals surface area (Å²) in [7, 11) is -1.20. The third kappa shape index (κ3) is 5.06. The van der Waals surface area contributed by atoms with E-state index in [2.05, 4.69) is 25.6 Å². The molecule has 0 saturated carbocycles. The molecule has 0 fully saturated rings. The lowest BCUT2D eigenvalue weighted by atomic mass is 10.2. The summed E-state index contributed by atoms with van der Waals surface area (Å²) in [4.78, 5) is 11.5.